The molecule has 0 saturated carbocycles. The molecule has 0 atom stereocenters. The molecule has 2 heterocycles. The summed E-state index contributed by atoms with van der Waals surface area (Å²) < 4.78 is 0. The number of benzene rings is 1. The lowest BCUT2D eigenvalue weighted by molar-refractivity contribution is 1.17. The minimum Gasteiger partial charge on any atom is -0.380 e. The van der Waals surface area contributed by atoms with Crippen LogP contribution in [0.2, 0.25) is 0 Å². The molecule has 3 nitrogen and oxygen atoms in total. The molecule has 0 aliphatic heterocycles. The van der Waals surface area contributed by atoms with Gasteiger partial charge in [-0.2, -0.15) is 0 Å². The third-order valence-electron chi connectivity index (χ3n) is 3.12. The van der Waals surface area contributed by atoms with E-state index in [-0.39, 0.29) is 0 Å². The van der Waals surface area contributed by atoms with Gasteiger partial charge < -0.3 is 10.3 Å². The van der Waals surface area contributed by atoms with Crippen LogP contribution in [0.5, 0.6) is 0 Å². The first-order valence-electron chi connectivity index (χ1n) is 6.18. The third kappa shape index (κ3) is 2.69. The van der Waals surface area contributed by atoms with Crippen LogP contribution in [0.1, 0.15) is 10.4 Å². The van der Waals surface area contributed by atoms with E-state index in [1.807, 2.05) is 6.20 Å². The van der Waals surface area contributed by atoms with E-state index in [4.69, 9.17) is 0 Å². The topological polar surface area (TPSA) is 40.7 Å². The molecule has 2 N–H and O–H groups in total. The zero-order valence-corrected chi connectivity index (χ0v) is 11.5. The molecule has 4 heteroatoms. The summed E-state index contributed by atoms with van der Waals surface area (Å²) >= 11 is 1.79. The molecule has 2 aromatic heterocycles. The maximum absolute atomic E-state index is 4.03. The van der Waals surface area contributed by atoms with Crippen molar-refractivity contribution in [2.75, 3.05) is 5.32 Å². The van der Waals surface area contributed by atoms with Crippen molar-refractivity contribution in [3.63, 3.8) is 0 Å². The highest BCUT2D eigenvalue weighted by molar-refractivity contribution is 7.10. The number of hydrogen-bond donors (Lipinski definition) is 2. The van der Waals surface area contributed by atoms with Crippen LogP contribution in [0.15, 0.2) is 48.2 Å². The number of rotatable bonds is 4. The van der Waals surface area contributed by atoms with E-state index in [1.54, 1.807) is 17.7 Å². The van der Waals surface area contributed by atoms with E-state index in [1.165, 1.54) is 10.4 Å². The lowest BCUT2D eigenvalue weighted by Crippen LogP contribution is -1.98. The van der Waals surface area contributed by atoms with Crippen LogP contribution >= 0.6 is 11.3 Å². The van der Waals surface area contributed by atoms with Crippen LogP contribution in [-0.2, 0) is 6.54 Å². The molecule has 3 rings (SSSR count). The second-order valence-electron chi connectivity index (χ2n) is 4.42. The molecule has 19 heavy (non-hydrogen) atoms. The molecule has 0 saturated heterocycles. The van der Waals surface area contributed by atoms with Crippen LogP contribution in [0.25, 0.3) is 11.3 Å². The van der Waals surface area contributed by atoms with E-state index < -0.39 is 0 Å². The van der Waals surface area contributed by atoms with Gasteiger partial charge in [0.15, 0.2) is 0 Å². The molecule has 0 amide bonds. The van der Waals surface area contributed by atoms with E-state index in [0.29, 0.717) is 0 Å². The van der Waals surface area contributed by atoms with E-state index in [0.717, 1.165) is 23.5 Å². The first-order chi connectivity index (χ1) is 9.33. The van der Waals surface area contributed by atoms with Crippen LogP contribution in [0.3, 0.4) is 0 Å². The number of imidazole rings is 1. The first-order valence-corrected chi connectivity index (χ1v) is 7.06. The fraction of sp³-hybridized carbons (Fsp3) is 0.133. The molecular formula is C15H15N3S. The fourth-order valence-corrected chi connectivity index (χ4v) is 2.79. The summed E-state index contributed by atoms with van der Waals surface area (Å²) in [6.07, 6.45) is 3.53. The number of aromatic nitrogens is 2. The Morgan fingerprint density at radius 1 is 1.21 bits per heavy atom. The number of nitrogens with zero attached hydrogens (tertiary/aromatic N) is 1. The molecule has 0 unspecified atom stereocenters. The molecule has 1 aromatic carbocycles. The predicted molar refractivity (Wildman–Crippen MR) is 80.4 cm³/mol. The zero-order valence-electron chi connectivity index (χ0n) is 10.7. The average Bonchev–Trinajstić information content (AvgIpc) is 3.09. The molecule has 3 aromatic rings. The molecular weight excluding hydrogens is 254 g/mol. The van der Waals surface area contributed by atoms with Crippen LogP contribution in [0, 0.1) is 6.92 Å². The summed E-state index contributed by atoms with van der Waals surface area (Å²) in [7, 11) is 0. The Labute approximate surface area is 116 Å². The van der Waals surface area contributed by atoms with Gasteiger partial charge in [0.05, 0.1) is 18.2 Å². The number of anilines is 1. The van der Waals surface area contributed by atoms with Gasteiger partial charge in [0, 0.05) is 17.1 Å². The SMILES string of the molecule is Cc1ccsc1CNc1ccc(-c2cnc[nH]2)cc1. The van der Waals surface area contributed by atoms with Gasteiger partial charge in [0.2, 0.25) is 0 Å². The second-order valence-corrected chi connectivity index (χ2v) is 5.42. The van der Waals surface area contributed by atoms with Gasteiger partial charge in [-0.3, -0.25) is 0 Å². The van der Waals surface area contributed by atoms with Crippen LogP contribution < -0.4 is 5.32 Å². The Hall–Kier alpha value is -2.07. The fourth-order valence-electron chi connectivity index (χ4n) is 1.95. The summed E-state index contributed by atoms with van der Waals surface area (Å²) in [5.74, 6) is 0. The summed E-state index contributed by atoms with van der Waals surface area (Å²) in [5.41, 5.74) is 4.68. The van der Waals surface area contributed by atoms with Gasteiger partial charge in [-0.25, -0.2) is 4.98 Å². The van der Waals surface area contributed by atoms with Crippen molar-refractivity contribution in [2.45, 2.75) is 13.5 Å². The minimum atomic E-state index is 0.882. The van der Waals surface area contributed by atoms with Gasteiger partial charge in [-0.1, -0.05) is 12.1 Å². The molecule has 96 valence electrons. The van der Waals surface area contributed by atoms with E-state index in [2.05, 4.69) is 57.9 Å². The number of H-pyrrole nitrogens is 1. The second kappa shape index (κ2) is 5.28. The highest BCUT2D eigenvalue weighted by Crippen LogP contribution is 2.21. The Morgan fingerprint density at radius 2 is 2.05 bits per heavy atom. The number of thiophene rings is 1. The average molecular weight is 269 g/mol. The predicted octanol–water partition coefficient (Wildman–Crippen LogP) is 4.06. The minimum absolute atomic E-state index is 0.882. The van der Waals surface area contributed by atoms with Crippen molar-refractivity contribution >= 4 is 17.0 Å². The smallest absolute Gasteiger partial charge is 0.0924 e. The van der Waals surface area contributed by atoms with Crippen molar-refractivity contribution in [3.05, 3.63) is 58.7 Å². The summed E-state index contributed by atoms with van der Waals surface area (Å²) in [6, 6.07) is 10.5. The van der Waals surface area contributed by atoms with Crippen LogP contribution in [-0.4, -0.2) is 9.97 Å². The lowest BCUT2D eigenvalue weighted by Gasteiger charge is -2.06. The number of nitrogens with one attached hydrogen (secondary N) is 2. The first kappa shape index (κ1) is 12.0. The monoisotopic (exact) mass is 269 g/mol. The van der Waals surface area contributed by atoms with Crippen LogP contribution in [0.4, 0.5) is 5.69 Å². The van der Waals surface area contributed by atoms with E-state index in [9.17, 15) is 0 Å². The van der Waals surface area contributed by atoms with Crippen molar-refractivity contribution in [1.29, 1.82) is 0 Å². The maximum Gasteiger partial charge on any atom is 0.0924 e. The molecule has 0 aliphatic carbocycles. The molecule has 0 fully saturated rings. The van der Waals surface area contributed by atoms with Crippen molar-refractivity contribution < 1.29 is 0 Å². The number of aryl methyl sites for hydroxylation is 1. The van der Waals surface area contributed by atoms with Gasteiger partial charge >= 0.3 is 0 Å². The van der Waals surface area contributed by atoms with Gasteiger partial charge in [0.25, 0.3) is 0 Å². The number of aromatic amines is 1. The highest BCUT2D eigenvalue weighted by Gasteiger charge is 2.01. The Balaban J connectivity index is 1.68. The normalized spacial score (nSPS) is 10.6. The van der Waals surface area contributed by atoms with Gasteiger partial charge in [0.1, 0.15) is 0 Å². The van der Waals surface area contributed by atoms with E-state index >= 15 is 0 Å². The van der Waals surface area contributed by atoms with Crippen molar-refractivity contribution in [2.24, 2.45) is 0 Å². The summed E-state index contributed by atoms with van der Waals surface area (Å²) in [5, 5.41) is 5.58. The Morgan fingerprint density at radius 3 is 2.68 bits per heavy atom. The largest absolute Gasteiger partial charge is 0.380 e. The molecule has 0 radical (unpaired) electrons. The number of hydrogen-bond acceptors (Lipinski definition) is 3. The standard InChI is InChI=1S/C15H15N3S/c1-11-6-7-19-15(11)9-17-13-4-2-12(3-5-13)14-8-16-10-18-14/h2-8,10,17H,9H2,1H3,(H,16,18). The molecule has 0 aliphatic rings. The summed E-state index contributed by atoms with van der Waals surface area (Å²) in [4.78, 5) is 8.52. The third-order valence-corrected chi connectivity index (χ3v) is 4.14. The van der Waals surface area contributed by atoms with Gasteiger partial charge in [-0.05, 0) is 41.6 Å². The Bertz CT molecular complexity index is 638. The zero-order chi connectivity index (χ0) is 13.1. The van der Waals surface area contributed by atoms with Crippen molar-refractivity contribution in [1.82, 2.24) is 9.97 Å². The molecule has 0 bridgehead atoms. The summed E-state index contributed by atoms with van der Waals surface area (Å²) in [6.45, 7) is 3.03. The Kier molecular flexibility index (Phi) is 3.33. The van der Waals surface area contributed by atoms with Gasteiger partial charge in [-0.15, -0.1) is 11.3 Å². The maximum atomic E-state index is 4.03. The van der Waals surface area contributed by atoms with Crippen molar-refractivity contribution in [3.8, 4) is 11.3 Å². The highest BCUT2D eigenvalue weighted by atomic mass is 32.1. The lowest BCUT2D eigenvalue weighted by atomic mass is 10.1. The molecule has 0 spiro atoms. The quantitative estimate of drug-likeness (QED) is 0.750.